The Balaban J connectivity index is 2.99. The second-order valence-corrected chi connectivity index (χ2v) is 5.44. The van der Waals surface area contributed by atoms with Gasteiger partial charge in [0, 0.05) is 10.7 Å². The Kier molecular flexibility index (Phi) is 3.93. The van der Waals surface area contributed by atoms with Gasteiger partial charge in [0.05, 0.1) is 11.5 Å². The van der Waals surface area contributed by atoms with E-state index in [1.165, 1.54) is 12.1 Å². The van der Waals surface area contributed by atoms with E-state index in [0.717, 1.165) is 12.5 Å². The molecule has 0 spiro atoms. The molecule has 1 aromatic rings. The summed E-state index contributed by atoms with van der Waals surface area (Å²) in [6, 6.07) is 3.30. The summed E-state index contributed by atoms with van der Waals surface area (Å²) < 4.78 is 40.0. The highest BCUT2D eigenvalue weighted by Gasteiger charge is 2.13. The van der Waals surface area contributed by atoms with Crippen LogP contribution in [-0.2, 0) is 9.05 Å². The van der Waals surface area contributed by atoms with Crippen molar-refractivity contribution in [3.05, 3.63) is 24.0 Å². The van der Waals surface area contributed by atoms with Gasteiger partial charge in [-0.05, 0) is 24.6 Å². The fraction of sp³-hybridized carbons (Fsp3) is 0.333. The van der Waals surface area contributed by atoms with Gasteiger partial charge in [-0.25, -0.2) is 12.8 Å². The SMILES string of the molecule is CCCOc1ccc(S(=O)(=O)Cl)cc1F. The number of hydrogen-bond acceptors (Lipinski definition) is 3. The van der Waals surface area contributed by atoms with Crippen LogP contribution < -0.4 is 4.74 Å². The van der Waals surface area contributed by atoms with Crippen molar-refractivity contribution >= 4 is 19.7 Å². The molecule has 0 saturated carbocycles. The fourth-order valence-corrected chi connectivity index (χ4v) is 1.73. The van der Waals surface area contributed by atoms with Gasteiger partial charge in [0.2, 0.25) is 0 Å². The molecule has 0 aliphatic rings. The molecule has 0 aliphatic heterocycles. The molecule has 0 fully saturated rings. The average molecular weight is 253 g/mol. The molecule has 15 heavy (non-hydrogen) atoms. The lowest BCUT2D eigenvalue weighted by Gasteiger charge is -2.06. The van der Waals surface area contributed by atoms with Crippen molar-refractivity contribution in [2.75, 3.05) is 6.61 Å². The predicted octanol–water partition coefficient (Wildman–Crippen LogP) is 2.54. The topological polar surface area (TPSA) is 43.4 Å². The zero-order chi connectivity index (χ0) is 11.5. The molecular weight excluding hydrogens is 243 g/mol. The largest absolute Gasteiger partial charge is 0.491 e. The fourth-order valence-electron chi connectivity index (χ4n) is 0.962. The molecule has 0 atom stereocenters. The standard InChI is InChI=1S/C9H10ClFO3S/c1-2-5-14-9-4-3-7(6-8(9)11)15(10,12)13/h3-4,6H,2,5H2,1H3. The van der Waals surface area contributed by atoms with Crippen LogP contribution in [0.25, 0.3) is 0 Å². The molecule has 0 bridgehead atoms. The maximum absolute atomic E-state index is 13.3. The number of hydrogen-bond donors (Lipinski definition) is 0. The maximum Gasteiger partial charge on any atom is 0.261 e. The molecule has 0 N–H and O–H groups in total. The highest BCUT2D eigenvalue weighted by Crippen LogP contribution is 2.23. The van der Waals surface area contributed by atoms with E-state index in [9.17, 15) is 12.8 Å². The van der Waals surface area contributed by atoms with E-state index in [1.807, 2.05) is 6.92 Å². The monoisotopic (exact) mass is 252 g/mol. The zero-order valence-electron chi connectivity index (χ0n) is 8.04. The summed E-state index contributed by atoms with van der Waals surface area (Å²) in [6.45, 7) is 2.26. The number of halogens is 2. The summed E-state index contributed by atoms with van der Waals surface area (Å²) in [6.07, 6.45) is 0.745. The minimum absolute atomic E-state index is 0.0286. The van der Waals surface area contributed by atoms with Crippen molar-refractivity contribution in [2.24, 2.45) is 0 Å². The Bertz CT molecular complexity index is 445. The third-order valence-corrected chi connectivity index (χ3v) is 3.00. The van der Waals surface area contributed by atoms with E-state index in [2.05, 4.69) is 0 Å². The van der Waals surface area contributed by atoms with Crippen LogP contribution in [0, 0.1) is 5.82 Å². The Labute approximate surface area is 92.2 Å². The van der Waals surface area contributed by atoms with Crippen molar-refractivity contribution in [3.8, 4) is 5.75 Å². The van der Waals surface area contributed by atoms with Crippen molar-refractivity contribution in [3.63, 3.8) is 0 Å². The van der Waals surface area contributed by atoms with Crippen LogP contribution in [0.2, 0.25) is 0 Å². The second-order valence-electron chi connectivity index (χ2n) is 2.88. The molecule has 0 saturated heterocycles. The first-order chi connectivity index (χ1) is 6.95. The summed E-state index contributed by atoms with van der Waals surface area (Å²) in [4.78, 5) is -0.273. The molecule has 0 radical (unpaired) electrons. The lowest BCUT2D eigenvalue weighted by Crippen LogP contribution is -1.99. The maximum atomic E-state index is 13.3. The first-order valence-corrected chi connectivity index (χ1v) is 6.63. The van der Waals surface area contributed by atoms with Gasteiger partial charge in [-0.1, -0.05) is 6.92 Å². The van der Waals surface area contributed by atoms with Gasteiger partial charge >= 0.3 is 0 Å². The van der Waals surface area contributed by atoms with Gasteiger partial charge in [0.25, 0.3) is 9.05 Å². The second kappa shape index (κ2) is 4.81. The summed E-state index contributed by atoms with van der Waals surface area (Å²) in [7, 11) is 1.17. The summed E-state index contributed by atoms with van der Waals surface area (Å²) in [5.41, 5.74) is 0. The van der Waals surface area contributed by atoms with E-state index in [4.69, 9.17) is 15.4 Å². The van der Waals surface area contributed by atoms with Crippen LogP contribution in [0.1, 0.15) is 13.3 Å². The lowest BCUT2D eigenvalue weighted by molar-refractivity contribution is 0.301. The minimum Gasteiger partial charge on any atom is -0.491 e. The Morgan fingerprint density at radius 2 is 2.13 bits per heavy atom. The molecule has 6 heteroatoms. The smallest absolute Gasteiger partial charge is 0.261 e. The molecule has 0 aliphatic carbocycles. The normalized spacial score (nSPS) is 11.4. The minimum atomic E-state index is -3.89. The van der Waals surface area contributed by atoms with Crippen LogP contribution in [-0.4, -0.2) is 15.0 Å². The third kappa shape index (κ3) is 3.35. The van der Waals surface area contributed by atoms with E-state index in [-0.39, 0.29) is 10.6 Å². The lowest BCUT2D eigenvalue weighted by atomic mass is 10.3. The number of benzene rings is 1. The van der Waals surface area contributed by atoms with Gasteiger partial charge in [-0.2, -0.15) is 0 Å². The molecule has 3 nitrogen and oxygen atoms in total. The average Bonchev–Trinajstić information content (AvgIpc) is 2.14. The van der Waals surface area contributed by atoms with Gasteiger partial charge in [0.15, 0.2) is 11.6 Å². The molecule has 0 amide bonds. The van der Waals surface area contributed by atoms with E-state index >= 15 is 0 Å². The summed E-state index contributed by atoms with van der Waals surface area (Å²) >= 11 is 0. The molecule has 0 heterocycles. The first-order valence-electron chi connectivity index (χ1n) is 4.32. The molecule has 0 unspecified atom stereocenters. The van der Waals surface area contributed by atoms with Crippen molar-refractivity contribution in [1.29, 1.82) is 0 Å². The van der Waals surface area contributed by atoms with Crippen LogP contribution in [0.15, 0.2) is 23.1 Å². The van der Waals surface area contributed by atoms with Gasteiger partial charge in [-0.3, -0.25) is 0 Å². The van der Waals surface area contributed by atoms with Gasteiger partial charge in [-0.15, -0.1) is 0 Å². The zero-order valence-corrected chi connectivity index (χ0v) is 9.61. The number of ether oxygens (including phenoxy) is 1. The van der Waals surface area contributed by atoms with Crippen molar-refractivity contribution < 1.29 is 17.5 Å². The quantitative estimate of drug-likeness (QED) is 0.774. The van der Waals surface area contributed by atoms with Gasteiger partial charge in [0.1, 0.15) is 0 Å². The molecule has 1 aromatic carbocycles. The Morgan fingerprint density at radius 1 is 1.47 bits per heavy atom. The van der Waals surface area contributed by atoms with Crippen LogP contribution in [0.4, 0.5) is 4.39 Å². The summed E-state index contributed by atoms with van der Waals surface area (Å²) in [5.74, 6) is -0.703. The van der Waals surface area contributed by atoms with Crippen molar-refractivity contribution in [1.82, 2.24) is 0 Å². The van der Waals surface area contributed by atoms with Crippen LogP contribution in [0.5, 0.6) is 5.75 Å². The highest BCUT2D eigenvalue weighted by atomic mass is 35.7. The Morgan fingerprint density at radius 3 is 2.60 bits per heavy atom. The highest BCUT2D eigenvalue weighted by molar-refractivity contribution is 8.13. The molecular formula is C9H10ClFO3S. The predicted molar refractivity (Wildman–Crippen MR) is 55.2 cm³/mol. The summed E-state index contributed by atoms with van der Waals surface area (Å²) in [5, 5.41) is 0. The molecule has 1 rings (SSSR count). The molecule has 84 valence electrons. The van der Waals surface area contributed by atoms with E-state index in [0.29, 0.717) is 6.61 Å². The molecule has 0 aromatic heterocycles. The first kappa shape index (κ1) is 12.3. The van der Waals surface area contributed by atoms with E-state index in [1.54, 1.807) is 0 Å². The van der Waals surface area contributed by atoms with E-state index < -0.39 is 14.9 Å². The third-order valence-electron chi connectivity index (χ3n) is 1.65. The van der Waals surface area contributed by atoms with Crippen molar-refractivity contribution in [2.45, 2.75) is 18.2 Å². The Hall–Kier alpha value is -0.810. The van der Waals surface area contributed by atoms with Gasteiger partial charge < -0.3 is 4.74 Å². The number of rotatable bonds is 4. The van der Waals surface area contributed by atoms with Crippen LogP contribution in [0.3, 0.4) is 0 Å². The van der Waals surface area contributed by atoms with Crippen LogP contribution >= 0.6 is 10.7 Å².